The Morgan fingerprint density at radius 2 is 2.11 bits per heavy atom. The van der Waals surface area contributed by atoms with Gasteiger partial charge in [0.15, 0.2) is 0 Å². The second-order valence-electron chi connectivity index (χ2n) is 3.93. The zero-order valence-corrected chi connectivity index (χ0v) is 11.9. The zero-order chi connectivity index (χ0) is 14.5. The van der Waals surface area contributed by atoms with Crippen molar-refractivity contribution in [2.24, 2.45) is 0 Å². The Balaban J connectivity index is 2.59. The number of hydrogen-bond donors (Lipinski definition) is 3. The Morgan fingerprint density at radius 1 is 1.42 bits per heavy atom. The molecule has 8 nitrogen and oxygen atoms in total. The van der Waals surface area contributed by atoms with E-state index in [2.05, 4.69) is 20.2 Å². The van der Waals surface area contributed by atoms with Gasteiger partial charge in [0.1, 0.15) is 4.90 Å². The predicted octanol–water partition coefficient (Wildman–Crippen LogP) is -0.933. The third-order valence-corrected chi connectivity index (χ3v) is 4.04. The number of aryl methyl sites for hydroxylation is 2. The number of aromatic amines is 1. The SMILES string of the molecule is COCCNC(=O)CNS(=O)(=O)c1c(C)n[nH]c1C. The molecule has 0 fully saturated rings. The first kappa shape index (κ1) is 15.6. The van der Waals surface area contributed by atoms with E-state index >= 15 is 0 Å². The van der Waals surface area contributed by atoms with E-state index in [9.17, 15) is 13.2 Å². The molecule has 0 aliphatic rings. The molecule has 1 aromatic heterocycles. The zero-order valence-electron chi connectivity index (χ0n) is 11.1. The first-order valence-electron chi connectivity index (χ1n) is 5.65. The number of nitrogens with one attached hydrogen (secondary N) is 3. The van der Waals surface area contributed by atoms with Crippen molar-refractivity contribution in [3.63, 3.8) is 0 Å². The topological polar surface area (TPSA) is 113 Å². The molecule has 3 N–H and O–H groups in total. The van der Waals surface area contributed by atoms with E-state index in [0.29, 0.717) is 24.5 Å². The summed E-state index contributed by atoms with van der Waals surface area (Å²) in [5.74, 6) is -0.417. The van der Waals surface area contributed by atoms with Gasteiger partial charge >= 0.3 is 0 Å². The smallest absolute Gasteiger partial charge is 0.244 e. The third-order valence-electron chi connectivity index (χ3n) is 2.38. The van der Waals surface area contributed by atoms with Crippen LogP contribution in [0.1, 0.15) is 11.4 Å². The minimum Gasteiger partial charge on any atom is -0.383 e. The molecular formula is C10H18N4O4S. The predicted molar refractivity (Wildman–Crippen MR) is 68.1 cm³/mol. The second kappa shape index (κ2) is 6.64. The van der Waals surface area contributed by atoms with Crippen molar-refractivity contribution in [3.8, 4) is 0 Å². The molecule has 1 amide bonds. The Kier molecular flexibility index (Phi) is 5.45. The van der Waals surface area contributed by atoms with Gasteiger partial charge in [-0.15, -0.1) is 0 Å². The number of aromatic nitrogens is 2. The van der Waals surface area contributed by atoms with Gasteiger partial charge in [-0.2, -0.15) is 5.10 Å². The molecule has 108 valence electrons. The normalized spacial score (nSPS) is 11.5. The van der Waals surface area contributed by atoms with Gasteiger partial charge in [0.05, 0.1) is 24.5 Å². The number of hydrogen-bond acceptors (Lipinski definition) is 5. The maximum Gasteiger partial charge on any atom is 0.244 e. The lowest BCUT2D eigenvalue weighted by atomic mass is 10.4. The molecular weight excluding hydrogens is 272 g/mol. The molecule has 0 bridgehead atoms. The van der Waals surface area contributed by atoms with Gasteiger partial charge in [0, 0.05) is 13.7 Å². The molecule has 0 unspecified atom stereocenters. The molecule has 0 atom stereocenters. The van der Waals surface area contributed by atoms with Gasteiger partial charge in [-0.25, -0.2) is 13.1 Å². The highest BCUT2D eigenvalue weighted by atomic mass is 32.2. The average Bonchev–Trinajstić information content (AvgIpc) is 2.67. The summed E-state index contributed by atoms with van der Waals surface area (Å²) in [5, 5.41) is 8.91. The van der Waals surface area contributed by atoms with Gasteiger partial charge in [-0.1, -0.05) is 0 Å². The third kappa shape index (κ3) is 4.30. The van der Waals surface area contributed by atoms with Crippen LogP contribution >= 0.6 is 0 Å². The number of ether oxygens (including phenoxy) is 1. The highest BCUT2D eigenvalue weighted by molar-refractivity contribution is 7.89. The van der Waals surface area contributed by atoms with Crippen molar-refractivity contribution in [3.05, 3.63) is 11.4 Å². The molecule has 9 heteroatoms. The van der Waals surface area contributed by atoms with Crippen LogP contribution < -0.4 is 10.0 Å². The number of rotatable bonds is 7. The number of methoxy groups -OCH3 is 1. The van der Waals surface area contributed by atoms with Gasteiger partial charge < -0.3 is 10.1 Å². The highest BCUT2D eigenvalue weighted by Gasteiger charge is 2.22. The lowest BCUT2D eigenvalue weighted by molar-refractivity contribution is -0.120. The van der Waals surface area contributed by atoms with Gasteiger partial charge in [-0.05, 0) is 13.8 Å². The van der Waals surface area contributed by atoms with E-state index in [1.54, 1.807) is 13.8 Å². The molecule has 0 aromatic carbocycles. The van der Waals surface area contributed by atoms with Crippen molar-refractivity contribution in [1.29, 1.82) is 0 Å². The van der Waals surface area contributed by atoms with Crippen molar-refractivity contribution in [2.75, 3.05) is 26.8 Å². The number of carbonyl (C=O) groups excluding carboxylic acids is 1. The maximum absolute atomic E-state index is 12.0. The summed E-state index contributed by atoms with van der Waals surface area (Å²) < 4.78 is 31.0. The monoisotopic (exact) mass is 290 g/mol. The molecule has 0 radical (unpaired) electrons. The number of sulfonamides is 1. The first-order chi connectivity index (χ1) is 8.88. The van der Waals surface area contributed by atoms with Crippen LogP contribution in [-0.2, 0) is 19.6 Å². The van der Waals surface area contributed by atoms with Crippen LogP contribution in [0.5, 0.6) is 0 Å². The lowest BCUT2D eigenvalue weighted by Crippen LogP contribution is -2.38. The fraction of sp³-hybridized carbons (Fsp3) is 0.600. The Hall–Kier alpha value is -1.45. The lowest BCUT2D eigenvalue weighted by Gasteiger charge is -2.07. The Bertz CT molecular complexity index is 518. The molecule has 0 aliphatic carbocycles. The first-order valence-corrected chi connectivity index (χ1v) is 7.13. The molecule has 1 aromatic rings. The standard InChI is InChI=1S/C10H18N4O4S/c1-7-10(8(2)14-13-7)19(16,17)12-6-9(15)11-4-5-18-3/h12H,4-6H2,1-3H3,(H,11,15)(H,13,14). The van der Waals surface area contributed by atoms with Crippen molar-refractivity contribution < 1.29 is 17.9 Å². The Morgan fingerprint density at radius 3 is 2.63 bits per heavy atom. The van der Waals surface area contributed by atoms with Crippen LogP contribution in [-0.4, -0.2) is 51.3 Å². The van der Waals surface area contributed by atoms with Crippen molar-refractivity contribution >= 4 is 15.9 Å². The number of H-pyrrole nitrogens is 1. The van der Waals surface area contributed by atoms with E-state index in [1.807, 2.05) is 0 Å². The van der Waals surface area contributed by atoms with Crippen LogP contribution in [0.3, 0.4) is 0 Å². The minimum atomic E-state index is -3.74. The molecule has 1 rings (SSSR count). The largest absolute Gasteiger partial charge is 0.383 e. The minimum absolute atomic E-state index is 0.0807. The van der Waals surface area contributed by atoms with Gasteiger partial charge in [0.2, 0.25) is 15.9 Å². The quantitative estimate of drug-likeness (QED) is 0.561. The Labute approximate surface area is 112 Å². The van der Waals surface area contributed by atoms with Crippen molar-refractivity contribution in [1.82, 2.24) is 20.2 Å². The average molecular weight is 290 g/mol. The van der Waals surface area contributed by atoms with E-state index in [-0.39, 0.29) is 11.4 Å². The van der Waals surface area contributed by atoms with E-state index < -0.39 is 15.9 Å². The van der Waals surface area contributed by atoms with Gasteiger partial charge in [0.25, 0.3) is 0 Å². The maximum atomic E-state index is 12.0. The molecule has 0 spiro atoms. The van der Waals surface area contributed by atoms with Crippen LogP contribution in [0, 0.1) is 13.8 Å². The van der Waals surface area contributed by atoms with Crippen LogP contribution in [0.4, 0.5) is 0 Å². The van der Waals surface area contributed by atoms with E-state index in [4.69, 9.17) is 4.74 Å². The summed E-state index contributed by atoms with van der Waals surface area (Å²) >= 11 is 0. The molecule has 0 aliphatic heterocycles. The summed E-state index contributed by atoms with van der Waals surface area (Å²) in [7, 11) is -2.23. The summed E-state index contributed by atoms with van der Waals surface area (Å²) in [4.78, 5) is 11.5. The van der Waals surface area contributed by atoms with Crippen LogP contribution in [0.15, 0.2) is 4.90 Å². The fourth-order valence-electron chi connectivity index (χ4n) is 1.52. The fourth-order valence-corrected chi connectivity index (χ4v) is 2.87. The highest BCUT2D eigenvalue weighted by Crippen LogP contribution is 2.15. The number of carbonyl (C=O) groups is 1. The molecule has 19 heavy (non-hydrogen) atoms. The van der Waals surface area contributed by atoms with Crippen LogP contribution in [0.25, 0.3) is 0 Å². The van der Waals surface area contributed by atoms with E-state index in [0.717, 1.165) is 0 Å². The number of amides is 1. The summed E-state index contributed by atoms with van der Waals surface area (Å²) in [6.45, 7) is 3.57. The second-order valence-corrected chi connectivity index (χ2v) is 5.63. The van der Waals surface area contributed by atoms with E-state index in [1.165, 1.54) is 7.11 Å². The van der Waals surface area contributed by atoms with Gasteiger partial charge in [-0.3, -0.25) is 9.89 Å². The molecule has 0 saturated heterocycles. The van der Waals surface area contributed by atoms with Crippen LogP contribution in [0.2, 0.25) is 0 Å². The summed E-state index contributed by atoms with van der Waals surface area (Å²) in [6, 6.07) is 0. The summed E-state index contributed by atoms with van der Waals surface area (Å²) in [5.41, 5.74) is 0.801. The summed E-state index contributed by atoms with van der Waals surface area (Å²) in [6.07, 6.45) is 0. The molecule has 1 heterocycles. The van der Waals surface area contributed by atoms with Crippen molar-refractivity contribution in [2.45, 2.75) is 18.7 Å². The molecule has 0 saturated carbocycles. The number of nitrogens with zero attached hydrogens (tertiary/aromatic N) is 1.